The van der Waals surface area contributed by atoms with Crippen molar-refractivity contribution in [3.8, 4) is 0 Å². The van der Waals surface area contributed by atoms with E-state index in [9.17, 15) is 0 Å². The lowest BCUT2D eigenvalue weighted by atomic mass is 10.0. The molecule has 0 heterocycles. The predicted octanol–water partition coefficient (Wildman–Crippen LogP) is 2.37. The van der Waals surface area contributed by atoms with Gasteiger partial charge in [0.1, 0.15) is 0 Å². The Kier molecular flexibility index (Phi) is 1.49. The van der Waals surface area contributed by atoms with Crippen molar-refractivity contribution in [1.29, 1.82) is 0 Å². The lowest BCUT2D eigenvalue weighted by molar-refractivity contribution is 1.32. The highest BCUT2D eigenvalue weighted by Gasteiger charge is 2.08. The fourth-order valence-electron chi connectivity index (χ4n) is 2.83. The fourth-order valence-corrected chi connectivity index (χ4v) is 2.83. The summed E-state index contributed by atoms with van der Waals surface area (Å²) in [6, 6.07) is 9.19. The third kappa shape index (κ3) is 0.992. The average Bonchev–Trinajstić information content (AvgIpc) is 2.94. The Balaban J connectivity index is 2.25. The molecule has 0 atom stereocenters. The number of benzene rings is 2. The first-order chi connectivity index (χ1) is 7.92. The Hall–Kier alpha value is -1.82. The second kappa shape index (κ2) is 2.85. The zero-order valence-corrected chi connectivity index (χ0v) is 9.03. The first-order valence-corrected chi connectivity index (χ1v) is 5.84. The van der Waals surface area contributed by atoms with Crippen LogP contribution in [0.2, 0.25) is 0 Å². The second-order valence-corrected chi connectivity index (χ2v) is 4.59. The molecular formula is C16H12. The maximum absolute atomic E-state index is 2.35. The summed E-state index contributed by atoms with van der Waals surface area (Å²) < 4.78 is 0. The van der Waals surface area contributed by atoms with Gasteiger partial charge in [0.25, 0.3) is 0 Å². The zero-order chi connectivity index (χ0) is 10.5. The number of fused-ring (bicyclic) bond motifs is 4. The smallest absolute Gasteiger partial charge is 0.00880 e. The van der Waals surface area contributed by atoms with Gasteiger partial charge in [-0.05, 0) is 51.2 Å². The lowest BCUT2D eigenvalue weighted by Crippen LogP contribution is -2.21. The molecule has 2 aromatic rings. The Morgan fingerprint density at radius 3 is 3.00 bits per heavy atom. The van der Waals surface area contributed by atoms with E-state index in [0.717, 1.165) is 12.8 Å². The first-order valence-electron chi connectivity index (χ1n) is 5.84. The minimum absolute atomic E-state index is 1.08. The topological polar surface area (TPSA) is 0 Å². The van der Waals surface area contributed by atoms with E-state index < -0.39 is 0 Å². The van der Waals surface area contributed by atoms with E-state index in [-0.39, 0.29) is 0 Å². The standard InChI is InChI=1S/C16H12/c1-4-12-9-14-8-7-11-3-2-6-15(11)16(14)10-13(12)5-1/h1,3,5-10H,2,4H2. The van der Waals surface area contributed by atoms with Gasteiger partial charge in [0, 0.05) is 0 Å². The zero-order valence-electron chi connectivity index (χ0n) is 9.03. The normalized spacial score (nSPS) is 15.8. The van der Waals surface area contributed by atoms with Gasteiger partial charge in [0.15, 0.2) is 0 Å². The Morgan fingerprint density at radius 1 is 1.00 bits per heavy atom. The van der Waals surface area contributed by atoms with Crippen molar-refractivity contribution < 1.29 is 0 Å². The number of hydrogen-bond donors (Lipinski definition) is 0. The third-order valence-electron chi connectivity index (χ3n) is 3.65. The summed E-state index contributed by atoms with van der Waals surface area (Å²) in [5.74, 6) is 0. The highest BCUT2D eigenvalue weighted by Crippen LogP contribution is 2.23. The van der Waals surface area contributed by atoms with E-state index in [4.69, 9.17) is 0 Å². The third-order valence-corrected chi connectivity index (χ3v) is 3.65. The monoisotopic (exact) mass is 204 g/mol. The quantitative estimate of drug-likeness (QED) is 0.618. The fraction of sp³-hybridized carbons (Fsp3) is 0.125. The van der Waals surface area contributed by atoms with Crippen molar-refractivity contribution in [3.05, 3.63) is 51.9 Å². The molecule has 0 heteroatoms. The SMILES string of the molecule is C1=Cc2cc3c4c(ccc3cc2C1)=CCC=4. The van der Waals surface area contributed by atoms with Crippen LogP contribution in [0, 0.1) is 0 Å². The summed E-state index contributed by atoms with van der Waals surface area (Å²) in [6.45, 7) is 0. The molecule has 76 valence electrons. The van der Waals surface area contributed by atoms with Crippen LogP contribution in [0.25, 0.3) is 29.0 Å². The molecule has 0 radical (unpaired) electrons. The molecule has 0 spiro atoms. The summed E-state index contributed by atoms with van der Waals surface area (Å²) in [7, 11) is 0. The van der Waals surface area contributed by atoms with Crippen LogP contribution in [0.5, 0.6) is 0 Å². The summed E-state index contributed by atoms with van der Waals surface area (Å²) in [4.78, 5) is 0. The van der Waals surface area contributed by atoms with Crippen LogP contribution in [0.15, 0.2) is 30.3 Å². The van der Waals surface area contributed by atoms with Crippen molar-refractivity contribution in [2.45, 2.75) is 12.8 Å². The summed E-state index contributed by atoms with van der Waals surface area (Å²) in [5.41, 5.74) is 2.87. The van der Waals surface area contributed by atoms with Gasteiger partial charge in [-0.1, -0.05) is 42.5 Å². The van der Waals surface area contributed by atoms with Crippen LogP contribution in [-0.4, -0.2) is 0 Å². The van der Waals surface area contributed by atoms with Crippen molar-refractivity contribution in [2.24, 2.45) is 0 Å². The molecule has 0 aromatic heterocycles. The molecule has 16 heavy (non-hydrogen) atoms. The van der Waals surface area contributed by atoms with Crippen LogP contribution in [0.4, 0.5) is 0 Å². The largest absolute Gasteiger partial charge is 0.0795 e. The Bertz CT molecular complexity index is 746. The van der Waals surface area contributed by atoms with Crippen LogP contribution >= 0.6 is 0 Å². The molecule has 0 saturated heterocycles. The van der Waals surface area contributed by atoms with Gasteiger partial charge in [0.05, 0.1) is 0 Å². The van der Waals surface area contributed by atoms with Crippen LogP contribution in [-0.2, 0) is 6.42 Å². The molecule has 2 aliphatic carbocycles. The summed E-state index contributed by atoms with van der Waals surface area (Å²) >= 11 is 0. The van der Waals surface area contributed by atoms with Gasteiger partial charge in [0.2, 0.25) is 0 Å². The van der Waals surface area contributed by atoms with Crippen LogP contribution < -0.4 is 10.4 Å². The van der Waals surface area contributed by atoms with Gasteiger partial charge in [-0.25, -0.2) is 0 Å². The number of hydrogen-bond acceptors (Lipinski definition) is 0. The van der Waals surface area contributed by atoms with Gasteiger partial charge in [-0.3, -0.25) is 0 Å². The van der Waals surface area contributed by atoms with Crippen molar-refractivity contribution >= 4 is 29.0 Å². The van der Waals surface area contributed by atoms with Crippen molar-refractivity contribution in [1.82, 2.24) is 0 Å². The molecule has 2 aromatic carbocycles. The molecule has 0 N–H and O–H groups in total. The minimum atomic E-state index is 1.08. The molecule has 2 aliphatic rings. The molecular weight excluding hydrogens is 192 g/mol. The van der Waals surface area contributed by atoms with E-state index in [1.54, 1.807) is 0 Å². The molecule has 0 saturated carbocycles. The van der Waals surface area contributed by atoms with Gasteiger partial charge in [-0.2, -0.15) is 0 Å². The van der Waals surface area contributed by atoms with Gasteiger partial charge in [-0.15, -0.1) is 0 Å². The van der Waals surface area contributed by atoms with E-state index in [1.165, 1.54) is 32.3 Å². The van der Waals surface area contributed by atoms with E-state index >= 15 is 0 Å². The second-order valence-electron chi connectivity index (χ2n) is 4.59. The molecule has 0 unspecified atom stereocenters. The van der Waals surface area contributed by atoms with Gasteiger partial charge < -0.3 is 0 Å². The van der Waals surface area contributed by atoms with Crippen molar-refractivity contribution in [3.63, 3.8) is 0 Å². The van der Waals surface area contributed by atoms with E-state index in [1.807, 2.05) is 0 Å². The average molecular weight is 204 g/mol. The minimum Gasteiger partial charge on any atom is -0.0795 e. The predicted molar refractivity (Wildman–Crippen MR) is 69.5 cm³/mol. The number of allylic oxidation sites excluding steroid dienone is 1. The number of rotatable bonds is 0. The Labute approximate surface area is 94.2 Å². The van der Waals surface area contributed by atoms with E-state index in [2.05, 4.69) is 48.6 Å². The summed E-state index contributed by atoms with van der Waals surface area (Å²) in [6.07, 6.45) is 11.3. The molecule has 0 amide bonds. The molecule has 4 rings (SSSR count). The highest BCUT2D eigenvalue weighted by molar-refractivity contribution is 5.88. The maximum Gasteiger partial charge on any atom is -0.00880 e. The van der Waals surface area contributed by atoms with Crippen LogP contribution in [0.3, 0.4) is 0 Å². The highest BCUT2D eigenvalue weighted by atomic mass is 14.1. The van der Waals surface area contributed by atoms with Gasteiger partial charge >= 0.3 is 0 Å². The molecule has 0 bridgehead atoms. The molecule has 0 aliphatic heterocycles. The van der Waals surface area contributed by atoms with E-state index in [0.29, 0.717) is 0 Å². The van der Waals surface area contributed by atoms with Crippen LogP contribution in [0.1, 0.15) is 17.5 Å². The lowest BCUT2D eigenvalue weighted by Gasteiger charge is -2.03. The molecule has 0 fully saturated rings. The van der Waals surface area contributed by atoms with Crippen molar-refractivity contribution in [2.75, 3.05) is 0 Å². The first kappa shape index (κ1) is 8.35. The maximum atomic E-state index is 2.35. The Morgan fingerprint density at radius 2 is 2.00 bits per heavy atom. The summed E-state index contributed by atoms with van der Waals surface area (Å²) in [5, 5.41) is 5.62. The molecule has 0 nitrogen and oxygen atoms in total.